The molecule has 2 N–H and O–H groups in total. The molecule has 0 spiro atoms. The predicted octanol–water partition coefficient (Wildman–Crippen LogP) is 5.41. The van der Waals surface area contributed by atoms with E-state index in [9.17, 15) is 4.79 Å². The quantitative estimate of drug-likeness (QED) is 0.454. The van der Waals surface area contributed by atoms with Gasteiger partial charge >= 0.3 is 0 Å². The number of pyridine rings is 2. The van der Waals surface area contributed by atoms with Crippen molar-refractivity contribution in [3.63, 3.8) is 0 Å². The molecule has 0 atom stereocenters. The third-order valence-electron chi connectivity index (χ3n) is 4.40. The molecule has 1 amide bonds. The molecule has 0 aliphatic rings. The van der Waals surface area contributed by atoms with Crippen LogP contribution in [0.4, 0.5) is 17.1 Å². The van der Waals surface area contributed by atoms with E-state index in [1.54, 1.807) is 18.5 Å². The fourth-order valence-electron chi connectivity index (χ4n) is 3.09. The van der Waals surface area contributed by atoms with Crippen molar-refractivity contribution in [2.75, 3.05) is 10.6 Å². The van der Waals surface area contributed by atoms with Crippen molar-refractivity contribution in [3.05, 3.63) is 84.8 Å². The maximum absolute atomic E-state index is 12.7. The van der Waals surface area contributed by atoms with Gasteiger partial charge in [0.05, 0.1) is 34.8 Å². The number of fused-ring (bicyclic) bond motifs is 1. The molecule has 6 heteroatoms. The average Bonchev–Trinajstić information content (AvgIpc) is 2.75. The van der Waals surface area contributed by atoms with Crippen molar-refractivity contribution in [3.8, 4) is 5.75 Å². The summed E-state index contributed by atoms with van der Waals surface area (Å²) in [5, 5.41) is 7.23. The highest BCUT2D eigenvalue weighted by Crippen LogP contribution is 2.25. The van der Waals surface area contributed by atoms with Crippen LogP contribution in [0.25, 0.3) is 10.9 Å². The Kier molecular flexibility index (Phi) is 5.57. The molecule has 0 aliphatic carbocycles. The van der Waals surface area contributed by atoms with Crippen LogP contribution in [0.2, 0.25) is 0 Å². The van der Waals surface area contributed by atoms with Gasteiger partial charge in [-0.05, 0) is 56.3 Å². The number of ether oxygens (including phenoxy) is 1. The first kappa shape index (κ1) is 19.4. The van der Waals surface area contributed by atoms with E-state index in [0.717, 1.165) is 22.3 Å². The fraction of sp³-hybridized carbons (Fsp3) is 0.125. The van der Waals surface area contributed by atoms with Gasteiger partial charge in [0.1, 0.15) is 5.75 Å². The summed E-state index contributed by atoms with van der Waals surface area (Å²) in [7, 11) is 0. The van der Waals surface area contributed by atoms with Crippen LogP contribution in [0.1, 0.15) is 24.2 Å². The van der Waals surface area contributed by atoms with Gasteiger partial charge in [-0.1, -0.05) is 18.2 Å². The summed E-state index contributed by atoms with van der Waals surface area (Å²) in [6.07, 6.45) is 5.07. The molecule has 0 aliphatic heterocycles. The Labute approximate surface area is 175 Å². The van der Waals surface area contributed by atoms with Crippen molar-refractivity contribution in [1.29, 1.82) is 0 Å². The summed E-state index contributed by atoms with van der Waals surface area (Å²) in [6.45, 7) is 3.94. The van der Waals surface area contributed by atoms with Gasteiger partial charge in [-0.2, -0.15) is 0 Å². The largest absolute Gasteiger partial charge is 0.491 e. The summed E-state index contributed by atoms with van der Waals surface area (Å²) >= 11 is 0. The zero-order chi connectivity index (χ0) is 20.9. The molecule has 4 aromatic rings. The molecule has 0 saturated heterocycles. The zero-order valence-corrected chi connectivity index (χ0v) is 16.8. The van der Waals surface area contributed by atoms with E-state index in [2.05, 4.69) is 20.6 Å². The van der Waals surface area contributed by atoms with Gasteiger partial charge in [-0.3, -0.25) is 14.8 Å². The number of carbonyl (C=O) groups excluding carboxylic acids is 1. The highest BCUT2D eigenvalue weighted by atomic mass is 16.5. The molecular formula is C24H22N4O2. The number of anilines is 3. The number of para-hydroxylation sites is 1. The number of carbonyl (C=O) groups is 1. The highest BCUT2D eigenvalue weighted by molar-refractivity contribution is 6.04. The number of amides is 1. The maximum Gasteiger partial charge on any atom is 0.257 e. The zero-order valence-electron chi connectivity index (χ0n) is 16.8. The topological polar surface area (TPSA) is 76.1 Å². The molecule has 0 fully saturated rings. The van der Waals surface area contributed by atoms with Crippen LogP contribution in [0.5, 0.6) is 5.75 Å². The van der Waals surface area contributed by atoms with Gasteiger partial charge in [0.25, 0.3) is 5.91 Å². The molecule has 0 bridgehead atoms. The van der Waals surface area contributed by atoms with Crippen LogP contribution in [-0.4, -0.2) is 22.0 Å². The number of aromatic nitrogens is 2. The SMILES string of the molecule is CC(C)Oc1ccc(NC(=O)c2cncc(Nc3cccc4cccnc34)c2)cc1. The molecule has 0 radical (unpaired) electrons. The lowest BCUT2D eigenvalue weighted by atomic mass is 10.2. The van der Waals surface area contributed by atoms with Crippen LogP contribution in [0.15, 0.2) is 79.3 Å². The van der Waals surface area contributed by atoms with Crippen molar-refractivity contribution in [2.45, 2.75) is 20.0 Å². The fourth-order valence-corrected chi connectivity index (χ4v) is 3.09. The standard InChI is InChI=1S/C24H22N4O2/c1-16(2)30-21-10-8-19(9-11-21)28-24(29)18-13-20(15-25-14-18)27-22-7-3-5-17-6-4-12-26-23(17)22/h3-16,27H,1-2H3,(H,28,29). The van der Waals surface area contributed by atoms with E-state index >= 15 is 0 Å². The van der Waals surface area contributed by atoms with Crippen LogP contribution >= 0.6 is 0 Å². The number of hydrogen-bond donors (Lipinski definition) is 2. The van der Waals surface area contributed by atoms with Gasteiger partial charge in [0.2, 0.25) is 0 Å². The van der Waals surface area contributed by atoms with Crippen molar-refractivity contribution < 1.29 is 9.53 Å². The minimum Gasteiger partial charge on any atom is -0.491 e. The molecule has 0 saturated carbocycles. The van der Waals surface area contributed by atoms with Crippen LogP contribution in [0, 0.1) is 0 Å². The smallest absolute Gasteiger partial charge is 0.257 e. The molecule has 150 valence electrons. The third kappa shape index (κ3) is 4.55. The van der Waals surface area contributed by atoms with Crippen LogP contribution in [-0.2, 0) is 0 Å². The normalized spacial score (nSPS) is 10.8. The van der Waals surface area contributed by atoms with Gasteiger partial charge in [-0.15, -0.1) is 0 Å². The van der Waals surface area contributed by atoms with E-state index in [-0.39, 0.29) is 12.0 Å². The number of nitrogens with one attached hydrogen (secondary N) is 2. The lowest BCUT2D eigenvalue weighted by molar-refractivity contribution is 0.102. The third-order valence-corrected chi connectivity index (χ3v) is 4.40. The Bertz CT molecular complexity index is 1170. The number of benzene rings is 2. The number of nitrogens with zero attached hydrogens (tertiary/aromatic N) is 2. The summed E-state index contributed by atoms with van der Waals surface area (Å²) in [4.78, 5) is 21.3. The second-order valence-corrected chi connectivity index (χ2v) is 7.11. The van der Waals surface area contributed by atoms with Gasteiger partial charge in [-0.25, -0.2) is 0 Å². The molecule has 2 heterocycles. The van der Waals surface area contributed by atoms with Crippen molar-refractivity contribution in [2.24, 2.45) is 0 Å². The summed E-state index contributed by atoms with van der Waals surface area (Å²) in [6, 6.07) is 18.9. The molecule has 2 aromatic carbocycles. The van der Waals surface area contributed by atoms with Crippen LogP contribution in [0.3, 0.4) is 0 Å². The molecule has 6 nitrogen and oxygen atoms in total. The summed E-state index contributed by atoms with van der Waals surface area (Å²) < 4.78 is 5.63. The van der Waals surface area contributed by atoms with E-state index in [1.165, 1.54) is 6.20 Å². The number of hydrogen-bond acceptors (Lipinski definition) is 5. The Morgan fingerprint density at radius 3 is 2.57 bits per heavy atom. The molecule has 0 unspecified atom stereocenters. The van der Waals surface area contributed by atoms with Crippen molar-refractivity contribution >= 4 is 33.9 Å². The lowest BCUT2D eigenvalue weighted by Crippen LogP contribution is -2.12. The van der Waals surface area contributed by atoms with Gasteiger partial charge < -0.3 is 15.4 Å². The summed E-state index contributed by atoms with van der Waals surface area (Å²) in [5.41, 5.74) is 3.57. The Morgan fingerprint density at radius 1 is 0.967 bits per heavy atom. The second kappa shape index (κ2) is 8.61. The molecule has 4 rings (SSSR count). The molecule has 30 heavy (non-hydrogen) atoms. The minimum atomic E-state index is -0.236. The van der Waals surface area contributed by atoms with E-state index in [0.29, 0.717) is 16.9 Å². The first-order valence-corrected chi connectivity index (χ1v) is 9.72. The monoisotopic (exact) mass is 398 g/mol. The van der Waals surface area contributed by atoms with E-state index in [1.807, 2.05) is 68.4 Å². The maximum atomic E-state index is 12.7. The Balaban J connectivity index is 1.49. The van der Waals surface area contributed by atoms with Crippen molar-refractivity contribution in [1.82, 2.24) is 9.97 Å². The van der Waals surface area contributed by atoms with E-state index < -0.39 is 0 Å². The predicted molar refractivity (Wildman–Crippen MR) is 119 cm³/mol. The number of rotatable bonds is 6. The lowest BCUT2D eigenvalue weighted by Gasteiger charge is -2.11. The van der Waals surface area contributed by atoms with E-state index in [4.69, 9.17) is 4.74 Å². The highest BCUT2D eigenvalue weighted by Gasteiger charge is 2.09. The van der Waals surface area contributed by atoms with Gasteiger partial charge in [0, 0.05) is 23.5 Å². The average molecular weight is 398 g/mol. The molecule has 2 aromatic heterocycles. The first-order chi connectivity index (χ1) is 14.6. The minimum absolute atomic E-state index is 0.101. The Morgan fingerprint density at radius 2 is 1.77 bits per heavy atom. The van der Waals surface area contributed by atoms with Crippen LogP contribution < -0.4 is 15.4 Å². The summed E-state index contributed by atoms with van der Waals surface area (Å²) in [5.74, 6) is 0.527. The molecular weight excluding hydrogens is 376 g/mol. The second-order valence-electron chi connectivity index (χ2n) is 7.11. The Hall–Kier alpha value is -3.93. The first-order valence-electron chi connectivity index (χ1n) is 9.72. The van der Waals surface area contributed by atoms with Gasteiger partial charge in [0.15, 0.2) is 0 Å².